The summed E-state index contributed by atoms with van der Waals surface area (Å²) in [5, 5.41) is 7.61. The van der Waals surface area contributed by atoms with Gasteiger partial charge in [-0.1, -0.05) is 24.3 Å². The molecule has 0 aliphatic heterocycles. The van der Waals surface area contributed by atoms with Crippen molar-refractivity contribution in [1.82, 2.24) is 15.1 Å². The molecule has 0 bridgehead atoms. The van der Waals surface area contributed by atoms with Crippen molar-refractivity contribution >= 4 is 0 Å². The van der Waals surface area contributed by atoms with E-state index >= 15 is 0 Å². The zero-order valence-electron chi connectivity index (χ0n) is 12.7. The average Bonchev–Trinajstić information content (AvgIpc) is 2.80. The second-order valence-corrected chi connectivity index (χ2v) is 6.01. The molecule has 1 N–H and O–H groups in total. The van der Waals surface area contributed by atoms with Gasteiger partial charge in [0.1, 0.15) is 6.61 Å². The molecule has 4 heteroatoms. The first-order chi connectivity index (χ1) is 9.44. The van der Waals surface area contributed by atoms with Gasteiger partial charge in [-0.3, -0.25) is 4.68 Å². The van der Waals surface area contributed by atoms with Crippen LogP contribution in [0.15, 0.2) is 36.7 Å². The molecule has 0 fully saturated rings. The molecule has 0 amide bonds. The van der Waals surface area contributed by atoms with Crippen LogP contribution in [-0.2, 0) is 20.2 Å². The smallest absolute Gasteiger partial charge is 0.157 e. The van der Waals surface area contributed by atoms with Crippen LogP contribution in [0.1, 0.15) is 31.9 Å². The minimum absolute atomic E-state index is 0.108. The maximum Gasteiger partial charge on any atom is 0.157 e. The molecule has 20 heavy (non-hydrogen) atoms. The Morgan fingerprint density at radius 1 is 1.20 bits per heavy atom. The fraction of sp³-hybridized carbons (Fsp3) is 0.438. The van der Waals surface area contributed by atoms with Crippen LogP contribution in [0.2, 0.25) is 0 Å². The maximum atomic E-state index is 5.77. The van der Waals surface area contributed by atoms with Gasteiger partial charge < -0.3 is 10.1 Å². The Morgan fingerprint density at radius 3 is 2.50 bits per heavy atom. The van der Waals surface area contributed by atoms with E-state index in [0.717, 1.165) is 12.3 Å². The van der Waals surface area contributed by atoms with E-state index in [9.17, 15) is 0 Å². The standard InChI is InChI=1S/C16H23N3O/c1-16(2,3)17-9-13-7-5-6-8-14(13)12-20-15-10-18-19(4)11-15/h5-8,10-11,17H,9,12H2,1-4H3. The van der Waals surface area contributed by atoms with E-state index in [1.54, 1.807) is 10.9 Å². The molecule has 2 aromatic rings. The third-order valence-electron chi connectivity index (χ3n) is 3.00. The van der Waals surface area contributed by atoms with E-state index in [1.807, 2.05) is 19.3 Å². The molecule has 4 nitrogen and oxygen atoms in total. The Labute approximate surface area is 120 Å². The predicted octanol–water partition coefficient (Wildman–Crippen LogP) is 2.89. The van der Waals surface area contributed by atoms with E-state index in [2.05, 4.69) is 49.4 Å². The van der Waals surface area contributed by atoms with Crippen LogP contribution >= 0.6 is 0 Å². The van der Waals surface area contributed by atoms with Crippen LogP contribution in [-0.4, -0.2) is 15.3 Å². The van der Waals surface area contributed by atoms with Gasteiger partial charge in [0.2, 0.25) is 0 Å². The van der Waals surface area contributed by atoms with E-state index < -0.39 is 0 Å². The van der Waals surface area contributed by atoms with Crippen molar-refractivity contribution in [2.45, 2.75) is 39.5 Å². The lowest BCUT2D eigenvalue weighted by atomic mass is 10.1. The van der Waals surface area contributed by atoms with Crippen LogP contribution in [0.25, 0.3) is 0 Å². The first-order valence-corrected chi connectivity index (χ1v) is 6.87. The summed E-state index contributed by atoms with van der Waals surface area (Å²) in [5.41, 5.74) is 2.58. The summed E-state index contributed by atoms with van der Waals surface area (Å²) in [5.74, 6) is 0.797. The second kappa shape index (κ2) is 6.09. The lowest BCUT2D eigenvalue weighted by Crippen LogP contribution is -2.35. The monoisotopic (exact) mass is 273 g/mol. The van der Waals surface area contributed by atoms with Crippen molar-refractivity contribution in [2.24, 2.45) is 7.05 Å². The fourth-order valence-electron chi connectivity index (χ4n) is 1.87. The minimum Gasteiger partial charge on any atom is -0.486 e. The highest BCUT2D eigenvalue weighted by Gasteiger charge is 2.10. The lowest BCUT2D eigenvalue weighted by molar-refractivity contribution is 0.303. The Morgan fingerprint density at radius 2 is 1.90 bits per heavy atom. The first-order valence-electron chi connectivity index (χ1n) is 6.87. The predicted molar refractivity (Wildman–Crippen MR) is 80.6 cm³/mol. The van der Waals surface area contributed by atoms with Crippen molar-refractivity contribution in [2.75, 3.05) is 0 Å². The zero-order valence-corrected chi connectivity index (χ0v) is 12.7. The summed E-state index contributed by atoms with van der Waals surface area (Å²) in [6, 6.07) is 8.35. The van der Waals surface area contributed by atoms with Crippen molar-refractivity contribution in [3.63, 3.8) is 0 Å². The number of hydrogen-bond acceptors (Lipinski definition) is 3. The maximum absolute atomic E-state index is 5.77. The third-order valence-corrected chi connectivity index (χ3v) is 3.00. The van der Waals surface area contributed by atoms with E-state index in [-0.39, 0.29) is 5.54 Å². The van der Waals surface area contributed by atoms with Gasteiger partial charge in [0, 0.05) is 19.1 Å². The molecule has 0 aliphatic carbocycles. The third kappa shape index (κ3) is 4.38. The Kier molecular flexibility index (Phi) is 4.45. The first kappa shape index (κ1) is 14.6. The van der Waals surface area contributed by atoms with Gasteiger partial charge in [-0.15, -0.1) is 0 Å². The summed E-state index contributed by atoms with van der Waals surface area (Å²) < 4.78 is 7.51. The molecule has 0 atom stereocenters. The molecule has 0 aliphatic rings. The molecule has 1 aromatic carbocycles. The average molecular weight is 273 g/mol. The molecule has 0 saturated heterocycles. The number of aryl methyl sites for hydroxylation is 1. The van der Waals surface area contributed by atoms with Crippen LogP contribution < -0.4 is 10.1 Å². The quantitative estimate of drug-likeness (QED) is 0.910. The lowest BCUT2D eigenvalue weighted by Gasteiger charge is -2.21. The van der Waals surface area contributed by atoms with Gasteiger partial charge in [0.15, 0.2) is 5.75 Å². The highest BCUT2D eigenvalue weighted by atomic mass is 16.5. The molecular formula is C16H23N3O. The SMILES string of the molecule is Cn1cc(OCc2ccccc2CNC(C)(C)C)cn1. The van der Waals surface area contributed by atoms with Gasteiger partial charge in [0.05, 0.1) is 12.4 Å². The molecular weight excluding hydrogens is 250 g/mol. The van der Waals surface area contributed by atoms with Crippen molar-refractivity contribution < 1.29 is 4.74 Å². The molecule has 0 spiro atoms. The summed E-state index contributed by atoms with van der Waals surface area (Å²) in [6.45, 7) is 7.91. The van der Waals surface area contributed by atoms with Gasteiger partial charge in [-0.2, -0.15) is 5.10 Å². The molecule has 1 heterocycles. The Bertz CT molecular complexity index is 555. The highest BCUT2D eigenvalue weighted by Crippen LogP contribution is 2.15. The molecule has 2 rings (SSSR count). The van der Waals surface area contributed by atoms with Crippen LogP contribution in [0.4, 0.5) is 0 Å². The Balaban J connectivity index is 2.00. The molecule has 108 valence electrons. The molecule has 0 unspecified atom stereocenters. The molecule has 1 aromatic heterocycles. The fourth-order valence-corrected chi connectivity index (χ4v) is 1.87. The summed E-state index contributed by atoms with van der Waals surface area (Å²) >= 11 is 0. The van der Waals surface area contributed by atoms with E-state index in [0.29, 0.717) is 6.61 Å². The summed E-state index contributed by atoms with van der Waals surface area (Å²) in [7, 11) is 1.88. The normalized spacial score (nSPS) is 11.6. The van der Waals surface area contributed by atoms with E-state index in [1.165, 1.54) is 11.1 Å². The van der Waals surface area contributed by atoms with Gasteiger partial charge in [-0.05, 0) is 31.9 Å². The van der Waals surface area contributed by atoms with Gasteiger partial charge in [-0.25, -0.2) is 0 Å². The van der Waals surface area contributed by atoms with Crippen molar-refractivity contribution in [1.29, 1.82) is 0 Å². The second-order valence-electron chi connectivity index (χ2n) is 6.01. The summed E-state index contributed by atoms with van der Waals surface area (Å²) in [4.78, 5) is 0. The number of hydrogen-bond donors (Lipinski definition) is 1. The largest absolute Gasteiger partial charge is 0.486 e. The number of nitrogens with zero attached hydrogens (tertiary/aromatic N) is 2. The highest BCUT2D eigenvalue weighted by molar-refractivity contribution is 5.27. The van der Waals surface area contributed by atoms with Gasteiger partial charge in [0.25, 0.3) is 0 Å². The van der Waals surface area contributed by atoms with Crippen molar-refractivity contribution in [3.8, 4) is 5.75 Å². The molecule has 0 saturated carbocycles. The molecule has 0 radical (unpaired) electrons. The van der Waals surface area contributed by atoms with Gasteiger partial charge >= 0.3 is 0 Å². The zero-order chi connectivity index (χ0) is 14.6. The van der Waals surface area contributed by atoms with Crippen LogP contribution in [0.3, 0.4) is 0 Å². The summed E-state index contributed by atoms with van der Waals surface area (Å²) in [6.07, 6.45) is 3.60. The van der Waals surface area contributed by atoms with Crippen molar-refractivity contribution in [3.05, 3.63) is 47.8 Å². The minimum atomic E-state index is 0.108. The number of nitrogens with one attached hydrogen (secondary N) is 1. The number of benzene rings is 1. The van der Waals surface area contributed by atoms with Crippen LogP contribution in [0, 0.1) is 0 Å². The number of rotatable bonds is 5. The van der Waals surface area contributed by atoms with Crippen LogP contribution in [0.5, 0.6) is 5.75 Å². The Hall–Kier alpha value is -1.81. The number of aromatic nitrogens is 2. The topological polar surface area (TPSA) is 39.1 Å². The van der Waals surface area contributed by atoms with E-state index in [4.69, 9.17) is 4.74 Å². The number of ether oxygens (including phenoxy) is 1.